The molecule has 1 saturated heterocycles. The third-order valence-electron chi connectivity index (χ3n) is 5.49. The molecule has 1 unspecified atom stereocenters. The number of hydrogen-bond acceptors (Lipinski definition) is 10. The minimum atomic E-state index is -0.831. The van der Waals surface area contributed by atoms with Crippen LogP contribution in [0.15, 0.2) is 31.1 Å². The van der Waals surface area contributed by atoms with Crippen LogP contribution in [-0.2, 0) is 4.74 Å². The van der Waals surface area contributed by atoms with E-state index in [1.165, 1.54) is 19.6 Å². The van der Waals surface area contributed by atoms with Crippen LogP contribution in [0.5, 0.6) is 5.88 Å². The van der Waals surface area contributed by atoms with E-state index in [1.54, 1.807) is 23.3 Å². The van der Waals surface area contributed by atoms with Crippen molar-refractivity contribution in [2.45, 2.75) is 31.2 Å². The van der Waals surface area contributed by atoms with Gasteiger partial charge in [-0.1, -0.05) is 0 Å². The third kappa shape index (κ3) is 4.64. The summed E-state index contributed by atoms with van der Waals surface area (Å²) in [5.74, 6) is 0.156. The second kappa shape index (κ2) is 9.39. The van der Waals surface area contributed by atoms with Crippen LogP contribution in [-0.4, -0.2) is 62.0 Å². The normalized spacial score (nSPS) is 17.3. The van der Waals surface area contributed by atoms with E-state index in [2.05, 4.69) is 41.0 Å². The number of nitrogens with one attached hydrogen (secondary N) is 3. The van der Waals surface area contributed by atoms with Crippen LogP contribution in [0.25, 0.3) is 0 Å². The summed E-state index contributed by atoms with van der Waals surface area (Å²) in [4.78, 5) is 42.2. The Balaban J connectivity index is 1.38. The number of nitrogens with zero attached hydrogens (tertiary/aromatic N) is 6. The molecule has 3 N–H and O–H groups in total. The van der Waals surface area contributed by atoms with Gasteiger partial charge in [-0.05, 0) is 19.3 Å². The smallest absolute Gasteiger partial charge is 0.387 e. The Kier molecular flexibility index (Phi) is 5.99. The van der Waals surface area contributed by atoms with Crippen LogP contribution in [0.4, 0.5) is 22.0 Å². The summed E-state index contributed by atoms with van der Waals surface area (Å²) < 4.78 is 12.5. The van der Waals surface area contributed by atoms with Gasteiger partial charge >= 0.3 is 6.09 Å². The van der Waals surface area contributed by atoms with E-state index in [-0.39, 0.29) is 35.0 Å². The van der Waals surface area contributed by atoms with Gasteiger partial charge in [-0.15, -0.1) is 0 Å². The summed E-state index contributed by atoms with van der Waals surface area (Å²) in [6.07, 6.45) is 9.51. The standard InChI is InChI=1S/C21H23N9O4/c1-22-19(31)17-16(9-26-30(17)14-4-5-33-10-14)29-21(32)34-20-18(27-13-6-23-11-24-7-13)25-8-15(28-20)12-2-3-12/h6-9,11-12,14H,2-5,10H2,1H3,(H,22,31)(H,25,27)(H,29,32). The molecule has 4 heterocycles. The van der Waals surface area contributed by atoms with Gasteiger partial charge < -0.3 is 20.1 Å². The van der Waals surface area contributed by atoms with E-state index in [9.17, 15) is 9.59 Å². The van der Waals surface area contributed by atoms with Crippen LogP contribution in [0.2, 0.25) is 0 Å². The zero-order chi connectivity index (χ0) is 23.5. The Morgan fingerprint density at radius 2 is 1.97 bits per heavy atom. The zero-order valence-corrected chi connectivity index (χ0v) is 18.4. The maximum atomic E-state index is 12.8. The van der Waals surface area contributed by atoms with Gasteiger partial charge in [0.05, 0.1) is 54.5 Å². The lowest BCUT2D eigenvalue weighted by atomic mass is 10.2. The predicted molar refractivity (Wildman–Crippen MR) is 119 cm³/mol. The number of ether oxygens (including phenoxy) is 2. The zero-order valence-electron chi connectivity index (χ0n) is 18.4. The van der Waals surface area contributed by atoms with E-state index < -0.39 is 6.09 Å². The number of hydrogen-bond donors (Lipinski definition) is 3. The number of carbonyl (C=O) groups is 2. The van der Waals surface area contributed by atoms with Gasteiger partial charge in [-0.2, -0.15) is 5.10 Å². The number of rotatable bonds is 7. The molecule has 13 heteroatoms. The molecule has 0 spiro atoms. The molecule has 1 aliphatic carbocycles. The van der Waals surface area contributed by atoms with Crippen molar-refractivity contribution in [3.63, 3.8) is 0 Å². The molecule has 0 radical (unpaired) electrons. The molecule has 13 nitrogen and oxygen atoms in total. The largest absolute Gasteiger partial charge is 0.418 e. The summed E-state index contributed by atoms with van der Waals surface area (Å²) in [7, 11) is 1.51. The highest BCUT2D eigenvalue weighted by Gasteiger charge is 2.29. The van der Waals surface area contributed by atoms with Crippen LogP contribution in [0, 0.1) is 0 Å². The van der Waals surface area contributed by atoms with Crippen LogP contribution < -0.4 is 20.7 Å². The summed E-state index contributed by atoms with van der Waals surface area (Å²) in [5.41, 5.74) is 1.74. The Morgan fingerprint density at radius 3 is 2.68 bits per heavy atom. The second-order valence-corrected chi connectivity index (χ2v) is 7.94. The average Bonchev–Trinajstić information content (AvgIpc) is 3.40. The van der Waals surface area contributed by atoms with E-state index >= 15 is 0 Å². The van der Waals surface area contributed by atoms with Crippen molar-refractivity contribution in [1.29, 1.82) is 0 Å². The predicted octanol–water partition coefficient (Wildman–Crippen LogP) is 2.02. The average molecular weight is 465 g/mol. The molecule has 3 aromatic heterocycles. The van der Waals surface area contributed by atoms with E-state index in [4.69, 9.17) is 9.47 Å². The van der Waals surface area contributed by atoms with Crippen molar-refractivity contribution in [1.82, 2.24) is 35.0 Å². The summed E-state index contributed by atoms with van der Waals surface area (Å²) in [5, 5.41) is 12.5. The Hall–Kier alpha value is -4.13. The fourth-order valence-corrected chi connectivity index (χ4v) is 3.63. The Labute approximate surface area is 194 Å². The first-order valence-corrected chi connectivity index (χ1v) is 10.9. The topological polar surface area (TPSA) is 158 Å². The summed E-state index contributed by atoms with van der Waals surface area (Å²) in [6.45, 7) is 1.03. The Bertz CT molecular complexity index is 1190. The second-order valence-electron chi connectivity index (χ2n) is 7.94. The Morgan fingerprint density at radius 1 is 1.15 bits per heavy atom. The first-order chi connectivity index (χ1) is 16.6. The number of amides is 2. The minimum Gasteiger partial charge on any atom is -0.387 e. The highest BCUT2D eigenvalue weighted by Crippen LogP contribution is 2.40. The van der Waals surface area contributed by atoms with Gasteiger partial charge in [-0.3, -0.25) is 14.8 Å². The molecule has 2 fully saturated rings. The lowest BCUT2D eigenvalue weighted by Crippen LogP contribution is -2.27. The van der Waals surface area contributed by atoms with Crippen molar-refractivity contribution in [2.75, 3.05) is 30.9 Å². The van der Waals surface area contributed by atoms with Crippen LogP contribution in [0.3, 0.4) is 0 Å². The van der Waals surface area contributed by atoms with Gasteiger partial charge in [0.15, 0.2) is 5.82 Å². The molecule has 3 aromatic rings. The van der Waals surface area contributed by atoms with Gasteiger partial charge in [0, 0.05) is 19.6 Å². The van der Waals surface area contributed by atoms with Gasteiger partial charge in [0.1, 0.15) is 12.0 Å². The number of anilines is 3. The molecule has 2 amide bonds. The molecule has 0 aromatic carbocycles. The van der Waals surface area contributed by atoms with Crippen LogP contribution in [0.1, 0.15) is 47.4 Å². The van der Waals surface area contributed by atoms with E-state index in [0.717, 1.165) is 25.0 Å². The maximum Gasteiger partial charge on any atom is 0.418 e. The fourth-order valence-electron chi connectivity index (χ4n) is 3.63. The molecule has 1 aliphatic heterocycles. The monoisotopic (exact) mass is 465 g/mol. The van der Waals surface area contributed by atoms with E-state index in [1.807, 2.05) is 0 Å². The first kappa shape index (κ1) is 21.7. The lowest BCUT2D eigenvalue weighted by molar-refractivity contribution is 0.0949. The van der Waals surface area contributed by atoms with E-state index in [0.29, 0.717) is 24.8 Å². The summed E-state index contributed by atoms with van der Waals surface area (Å²) in [6, 6.07) is -0.0937. The lowest BCUT2D eigenvalue weighted by Gasteiger charge is -2.14. The number of carbonyl (C=O) groups excluding carboxylic acids is 2. The molecule has 5 rings (SSSR count). The first-order valence-electron chi connectivity index (χ1n) is 10.9. The highest BCUT2D eigenvalue weighted by atomic mass is 16.6. The fraction of sp³-hybridized carbons (Fsp3) is 0.381. The quantitative estimate of drug-likeness (QED) is 0.471. The summed E-state index contributed by atoms with van der Waals surface area (Å²) >= 11 is 0. The molecular weight excluding hydrogens is 442 g/mol. The van der Waals surface area contributed by atoms with Crippen molar-refractivity contribution in [3.05, 3.63) is 42.5 Å². The third-order valence-corrected chi connectivity index (χ3v) is 5.49. The van der Waals surface area contributed by atoms with Crippen molar-refractivity contribution < 1.29 is 19.1 Å². The molecular formula is C21H23N9O4. The van der Waals surface area contributed by atoms with Crippen LogP contribution >= 0.6 is 0 Å². The van der Waals surface area contributed by atoms with Gasteiger partial charge in [-0.25, -0.2) is 24.7 Å². The minimum absolute atomic E-state index is 0.00355. The van der Waals surface area contributed by atoms with Crippen molar-refractivity contribution in [2.24, 2.45) is 0 Å². The molecule has 0 bridgehead atoms. The molecule has 2 aliphatic rings. The highest BCUT2D eigenvalue weighted by molar-refractivity contribution is 6.01. The van der Waals surface area contributed by atoms with Gasteiger partial charge in [0.2, 0.25) is 0 Å². The van der Waals surface area contributed by atoms with Gasteiger partial charge in [0.25, 0.3) is 11.8 Å². The SMILES string of the molecule is CNC(=O)c1c(NC(=O)Oc2nc(C3CC3)cnc2Nc2cncnc2)cnn1C1CCOC1. The molecule has 1 saturated carbocycles. The maximum absolute atomic E-state index is 12.8. The number of aromatic nitrogens is 6. The molecule has 176 valence electrons. The van der Waals surface area contributed by atoms with Crippen molar-refractivity contribution >= 4 is 29.2 Å². The van der Waals surface area contributed by atoms with Crippen molar-refractivity contribution in [3.8, 4) is 5.88 Å². The molecule has 1 atom stereocenters. The molecule has 34 heavy (non-hydrogen) atoms.